The number of hydrogen-bond acceptors (Lipinski definition) is 6. The molecule has 2 aromatic carbocycles. The van der Waals surface area contributed by atoms with E-state index in [0.717, 1.165) is 11.1 Å². The molecule has 0 spiro atoms. The Labute approximate surface area is 191 Å². The maximum absolute atomic E-state index is 13.4. The summed E-state index contributed by atoms with van der Waals surface area (Å²) in [5, 5.41) is 11.6. The predicted octanol–water partition coefficient (Wildman–Crippen LogP) is 2.78. The number of hydrogen-bond donors (Lipinski definition) is 1. The van der Waals surface area contributed by atoms with E-state index in [0.29, 0.717) is 43.4 Å². The Morgan fingerprint density at radius 2 is 1.84 bits per heavy atom. The summed E-state index contributed by atoms with van der Waals surface area (Å²) in [5.74, 6) is -0.648. The number of rotatable bonds is 5. The summed E-state index contributed by atoms with van der Waals surface area (Å²) in [6.45, 7) is 4.14. The van der Waals surface area contributed by atoms with Crippen LogP contribution in [0, 0.1) is 18.3 Å². The lowest BCUT2D eigenvalue weighted by molar-refractivity contribution is -0.123. The monoisotopic (exact) mass is 448 g/mol. The van der Waals surface area contributed by atoms with Crippen molar-refractivity contribution in [2.75, 3.05) is 31.2 Å². The number of ether oxygens (including phenoxy) is 1. The van der Waals surface area contributed by atoms with E-state index in [1.54, 1.807) is 5.01 Å². The average Bonchev–Trinajstić information content (AvgIpc) is 3.12. The molecule has 4 rings (SSSR count). The topological polar surface area (TPSA) is 85.7 Å². The molecule has 0 radical (unpaired) electrons. The second kappa shape index (κ2) is 10.0. The number of benzene rings is 2. The number of hydrazine groups is 1. The highest BCUT2D eigenvalue weighted by Crippen LogP contribution is 2.41. The SMILES string of the molecule is Cc1ccc(CC2S/C(=C(/C#N)C(=O)NN3CCOCC3)N(c3ccccc3)C2=O)cc1. The zero-order valence-electron chi connectivity index (χ0n) is 17.8. The summed E-state index contributed by atoms with van der Waals surface area (Å²) in [7, 11) is 0. The lowest BCUT2D eigenvalue weighted by atomic mass is 10.1. The van der Waals surface area contributed by atoms with Gasteiger partial charge in [-0.2, -0.15) is 5.26 Å². The van der Waals surface area contributed by atoms with Crippen LogP contribution in [-0.2, 0) is 20.7 Å². The van der Waals surface area contributed by atoms with Crippen LogP contribution < -0.4 is 10.3 Å². The molecule has 2 aliphatic rings. The molecule has 2 saturated heterocycles. The van der Waals surface area contributed by atoms with E-state index in [2.05, 4.69) is 5.43 Å². The first-order chi connectivity index (χ1) is 15.6. The van der Waals surface area contributed by atoms with Crippen molar-refractivity contribution >= 4 is 29.3 Å². The third kappa shape index (κ3) is 4.86. The summed E-state index contributed by atoms with van der Waals surface area (Å²) < 4.78 is 5.31. The lowest BCUT2D eigenvalue weighted by Crippen LogP contribution is -2.49. The number of aryl methyl sites for hydroxylation is 1. The van der Waals surface area contributed by atoms with Gasteiger partial charge in [-0.3, -0.25) is 19.9 Å². The van der Waals surface area contributed by atoms with Crippen LogP contribution in [0.3, 0.4) is 0 Å². The summed E-state index contributed by atoms with van der Waals surface area (Å²) in [5.41, 5.74) is 5.54. The van der Waals surface area contributed by atoms with Crippen molar-refractivity contribution in [3.63, 3.8) is 0 Å². The van der Waals surface area contributed by atoms with E-state index in [1.807, 2.05) is 67.6 Å². The quantitative estimate of drug-likeness (QED) is 0.559. The van der Waals surface area contributed by atoms with Crippen molar-refractivity contribution in [3.05, 3.63) is 76.3 Å². The number of amides is 2. The minimum absolute atomic E-state index is 0.0647. The molecule has 8 heteroatoms. The molecule has 164 valence electrons. The lowest BCUT2D eigenvalue weighted by Gasteiger charge is -2.27. The Morgan fingerprint density at radius 3 is 2.50 bits per heavy atom. The Kier molecular flexibility index (Phi) is 6.90. The smallest absolute Gasteiger partial charge is 0.278 e. The number of nitriles is 1. The fourth-order valence-corrected chi connectivity index (χ4v) is 4.92. The molecule has 0 aliphatic carbocycles. The largest absolute Gasteiger partial charge is 0.379 e. The van der Waals surface area contributed by atoms with E-state index in [4.69, 9.17) is 4.74 Å². The molecular weight excluding hydrogens is 424 g/mol. The molecule has 2 amide bonds. The van der Waals surface area contributed by atoms with Gasteiger partial charge in [0, 0.05) is 18.8 Å². The zero-order chi connectivity index (χ0) is 22.5. The number of carbonyl (C=O) groups excluding carboxylic acids is 2. The Morgan fingerprint density at radius 1 is 1.16 bits per heavy atom. The van der Waals surface area contributed by atoms with Crippen molar-refractivity contribution in [2.24, 2.45) is 0 Å². The van der Waals surface area contributed by atoms with Gasteiger partial charge in [0.15, 0.2) is 0 Å². The van der Waals surface area contributed by atoms with Gasteiger partial charge in [0.1, 0.15) is 16.7 Å². The standard InChI is InChI=1S/C24H24N4O3S/c1-17-7-9-18(10-8-17)15-21-23(30)28(19-5-3-2-4-6-19)24(32-21)20(16-25)22(29)26-27-11-13-31-14-12-27/h2-10,21H,11-15H2,1H3,(H,26,29)/b24-20-. The highest BCUT2D eigenvalue weighted by Gasteiger charge is 2.41. The molecule has 1 atom stereocenters. The third-order valence-corrected chi connectivity index (χ3v) is 6.60. The van der Waals surface area contributed by atoms with Gasteiger partial charge in [-0.1, -0.05) is 59.8 Å². The second-order valence-electron chi connectivity index (χ2n) is 7.64. The molecule has 2 aromatic rings. The number of nitrogens with one attached hydrogen (secondary N) is 1. The Hall–Kier alpha value is -3.12. The van der Waals surface area contributed by atoms with Crippen LogP contribution in [0.25, 0.3) is 0 Å². The van der Waals surface area contributed by atoms with Gasteiger partial charge in [0.05, 0.1) is 18.5 Å². The molecule has 7 nitrogen and oxygen atoms in total. The van der Waals surface area contributed by atoms with Gasteiger partial charge in [-0.05, 0) is 31.0 Å². The van der Waals surface area contributed by atoms with Crippen LogP contribution in [-0.4, -0.2) is 48.4 Å². The maximum Gasteiger partial charge on any atom is 0.278 e. The van der Waals surface area contributed by atoms with Crippen molar-refractivity contribution in [1.82, 2.24) is 10.4 Å². The molecule has 1 N–H and O–H groups in total. The summed E-state index contributed by atoms with van der Waals surface area (Å²) >= 11 is 1.27. The van der Waals surface area contributed by atoms with Crippen molar-refractivity contribution in [3.8, 4) is 6.07 Å². The van der Waals surface area contributed by atoms with Crippen LogP contribution >= 0.6 is 11.8 Å². The van der Waals surface area contributed by atoms with Crippen LogP contribution in [0.15, 0.2) is 65.2 Å². The van der Waals surface area contributed by atoms with Gasteiger partial charge < -0.3 is 4.74 Å². The van der Waals surface area contributed by atoms with Crippen molar-refractivity contribution < 1.29 is 14.3 Å². The molecule has 2 aliphatic heterocycles. The first-order valence-electron chi connectivity index (χ1n) is 10.5. The highest BCUT2D eigenvalue weighted by atomic mass is 32.2. The van der Waals surface area contributed by atoms with Crippen LogP contribution in [0.2, 0.25) is 0 Å². The highest BCUT2D eigenvalue weighted by molar-refractivity contribution is 8.05. The fourth-order valence-electron chi connectivity index (χ4n) is 3.61. The zero-order valence-corrected chi connectivity index (χ0v) is 18.6. The van der Waals surface area contributed by atoms with Crippen molar-refractivity contribution in [1.29, 1.82) is 5.26 Å². The van der Waals surface area contributed by atoms with Gasteiger partial charge in [-0.25, -0.2) is 5.01 Å². The third-order valence-electron chi connectivity index (χ3n) is 5.33. The fraction of sp³-hybridized carbons (Fsp3) is 0.292. The first kappa shape index (κ1) is 22.1. The molecule has 0 aromatic heterocycles. The molecule has 1 unspecified atom stereocenters. The molecule has 0 bridgehead atoms. The predicted molar refractivity (Wildman–Crippen MR) is 123 cm³/mol. The van der Waals surface area contributed by atoms with Crippen LogP contribution in [0.5, 0.6) is 0 Å². The Bertz CT molecular complexity index is 1060. The van der Waals surface area contributed by atoms with E-state index < -0.39 is 11.2 Å². The number of anilines is 1. The van der Waals surface area contributed by atoms with Gasteiger partial charge in [0.2, 0.25) is 5.91 Å². The summed E-state index contributed by atoms with van der Waals surface area (Å²) in [6, 6.07) is 19.2. The van der Waals surface area contributed by atoms with E-state index in [1.165, 1.54) is 16.7 Å². The first-order valence-corrected chi connectivity index (χ1v) is 11.3. The average molecular weight is 449 g/mol. The molecule has 0 saturated carbocycles. The minimum Gasteiger partial charge on any atom is -0.379 e. The number of carbonyl (C=O) groups is 2. The maximum atomic E-state index is 13.4. The normalized spacial score (nSPS) is 20.7. The Balaban J connectivity index is 1.66. The molecule has 2 fully saturated rings. The molecular formula is C24H24N4O3S. The van der Waals surface area contributed by atoms with Gasteiger partial charge in [-0.15, -0.1) is 0 Å². The second-order valence-corrected chi connectivity index (χ2v) is 8.83. The summed E-state index contributed by atoms with van der Waals surface area (Å²) in [6.07, 6.45) is 0.514. The number of para-hydroxylation sites is 1. The minimum atomic E-state index is -0.512. The molecule has 32 heavy (non-hydrogen) atoms. The molecule has 2 heterocycles. The number of nitrogens with zero attached hydrogens (tertiary/aromatic N) is 3. The van der Waals surface area contributed by atoms with Gasteiger partial charge >= 0.3 is 0 Å². The summed E-state index contributed by atoms with van der Waals surface area (Å²) in [4.78, 5) is 27.9. The van der Waals surface area contributed by atoms with Crippen LogP contribution in [0.4, 0.5) is 5.69 Å². The van der Waals surface area contributed by atoms with E-state index in [9.17, 15) is 14.9 Å². The number of morpholine rings is 1. The van der Waals surface area contributed by atoms with E-state index >= 15 is 0 Å². The number of thioether (sulfide) groups is 1. The van der Waals surface area contributed by atoms with Gasteiger partial charge in [0.25, 0.3) is 5.91 Å². The van der Waals surface area contributed by atoms with E-state index in [-0.39, 0.29) is 11.5 Å². The van der Waals surface area contributed by atoms with Crippen LogP contribution in [0.1, 0.15) is 11.1 Å². The van der Waals surface area contributed by atoms with Crippen molar-refractivity contribution in [2.45, 2.75) is 18.6 Å².